The number of aryl methyl sites for hydroxylation is 1. The second-order valence-electron chi connectivity index (χ2n) is 3.44. The minimum atomic E-state index is -1.12. The van der Waals surface area contributed by atoms with Gasteiger partial charge in [-0.15, -0.1) is 0 Å². The van der Waals surface area contributed by atoms with Gasteiger partial charge < -0.3 is 5.11 Å². The molecule has 0 aliphatic rings. The standard InChI is InChI=1S/C11H8Cl2N2O2/c1-6-9(13)10(11(16)17)15(14-6)8-4-2-7(12)3-5-8/h2-5H,1H3,(H,16,17). The van der Waals surface area contributed by atoms with Crippen molar-refractivity contribution in [2.45, 2.75) is 6.92 Å². The number of nitrogens with zero attached hydrogens (tertiary/aromatic N) is 2. The van der Waals surface area contributed by atoms with Crippen molar-refractivity contribution in [2.24, 2.45) is 0 Å². The summed E-state index contributed by atoms with van der Waals surface area (Å²) in [7, 11) is 0. The predicted molar refractivity (Wildman–Crippen MR) is 65.3 cm³/mol. The zero-order valence-corrected chi connectivity index (χ0v) is 10.3. The molecule has 1 aromatic heterocycles. The molecule has 88 valence electrons. The van der Waals surface area contributed by atoms with Crippen LogP contribution in [0.1, 0.15) is 16.2 Å². The van der Waals surface area contributed by atoms with E-state index in [-0.39, 0.29) is 10.7 Å². The first-order valence-electron chi connectivity index (χ1n) is 4.75. The number of carbonyl (C=O) groups is 1. The Morgan fingerprint density at radius 1 is 1.29 bits per heavy atom. The van der Waals surface area contributed by atoms with E-state index in [2.05, 4.69) is 5.10 Å². The SMILES string of the molecule is Cc1nn(-c2ccc(Cl)cc2)c(C(=O)O)c1Cl. The first-order chi connectivity index (χ1) is 8.00. The highest BCUT2D eigenvalue weighted by molar-refractivity contribution is 6.34. The predicted octanol–water partition coefficient (Wildman–Crippen LogP) is 3.19. The molecule has 0 radical (unpaired) electrons. The quantitative estimate of drug-likeness (QED) is 0.912. The maximum Gasteiger partial charge on any atom is 0.356 e. The van der Waals surface area contributed by atoms with E-state index in [9.17, 15) is 4.79 Å². The second-order valence-corrected chi connectivity index (χ2v) is 4.26. The lowest BCUT2D eigenvalue weighted by atomic mass is 10.3. The van der Waals surface area contributed by atoms with Crippen molar-refractivity contribution in [3.63, 3.8) is 0 Å². The number of rotatable bonds is 2. The summed E-state index contributed by atoms with van der Waals surface area (Å²) in [6, 6.07) is 6.68. The van der Waals surface area contributed by atoms with Gasteiger partial charge in [0.15, 0.2) is 5.69 Å². The van der Waals surface area contributed by atoms with Crippen LogP contribution in [0.15, 0.2) is 24.3 Å². The zero-order valence-electron chi connectivity index (χ0n) is 8.82. The van der Waals surface area contributed by atoms with Crippen LogP contribution in [0.4, 0.5) is 0 Å². The average Bonchev–Trinajstić information content (AvgIpc) is 2.56. The molecule has 2 rings (SSSR count). The largest absolute Gasteiger partial charge is 0.476 e. The molecule has 0 saturated heterocycles. The topological polar surface area (TPSA) is 55.1 Å². The van der Waals surface area contributed by atoms with Gasteiger partial charge >= 0.3 is 5.97 Å². The number of aromatic nitrogens is 2. The van der Waals surface area contributed by atoms with Crippen LogP contribution in [0.2, 0.25) is 10.0 Å². The summed E-state index contributed by atoms with van der Waals surface area (Å²) in [6.45, 7) is 1.65. The van der Waals surface area contributed by atoms with Crippen molar-refractivity contribution < 1.29 is 9.90 Å². The Morgan fingerprint density at radius 3 is 2.41 bits per heavy atom. The van der Waals surface area contributed by atoms with Crippen LogP contribution in [0.3, 0.4) is 0 Å². The highest BCUT2D eigenvalue weighted by atomic mass is 35.5. The molecule has 0 saturated carbocycles. The second kappa shape index (κ2) is 4.39. The van der Waals surface area contributed by atoms with Crippen molar-refractivity contribution in [1.82, 2.24) is 9.78 Å². The summed E-state index contributed by atoms with van der Waals surface area (Å²) in [4.78, 5) is 11.1. The molecule has 4 nitrogen and oxygen atoms in total. The summed E-state index contributed by atoms with van der Waals surface area (Å²) in [5.41, 5.74) is 1.02. The molecule has 1 heterocycles. The Kier molecular flexibility index (Phi) is 3.09. The Hall–Kier alpha value is -1.52. The third kappa shape index (κ3) is 2.14. The van der Waals surface area contributed by atoms with E-state index in [0.29, 0.717) is 16.4 Å². The highest BCUT2D eigenvalue weighted by Crippen LogP contribution is 2.24. The van der Waals surface area contributed by atoms with Crippen LogP contribution in [0, 0.1) is 6.92 Å². The molecule has 1 aromatic carbocycles. The normalized spacial score (nSPS) is 10.5. The maximum absolute atomic E-state index is 11.1. The summed E-state index contributed by atoms with van der Waals surface area (Å²) < 4.78 is 1.29. The molecule has 6 heteroatoms. The van der Waals surface area contributed by atoms with Gasteiger partial charge in [0.1, 0.15) is 0 Å². The molecule has 0 aliphatic carbocycles. The van der Waals surface area contributed by atoms with E-state index in [1.54, 1.807) is 31.2 Å². The lowest BCUT2D eigenvalue weighted by Crippen LogP contribution is -2.08. The zero-order chi connectivity index (χ0) is 12.6. The first kappa shape index (κ1) is 12.0. The number of carboxylic acid groups (broad SMARTS) is 1. The third-order valence-electron chi connectivity index (χ3n) is 2.26. The molecular weight excluding hydrogens is 263 g/mol. The van der Waals surface area contributed by atoms with Crippen molar-refractivity contribution in [2.75, 3.05) is 0 Å². The molecule has 0 atom stereocenters. The van der Waals surface area contributed by atoms with E-state index >= 15 is 0 Å². The van der Waals surface area contributed by atoms with Gasteiger partial charge in [-0.25, -0.2) is 9.48 Å². The summed E-state index contributed by atoms with van der Waals surface area (Å²) in [6.07, 6.45) is 0. The Balaban J connectivity index is 2.63. The molecule has 0 bridgehead atoms. The van der Waals surface area contributed by atoms with Crippen LogP contribution < -0.4 is 0 Å². The van der Waals surface area contributed by atoms with E-state index in [1.807, 2.05) is 0 Å². The van der Waals surface area contributed by atoms with Crippen LogP contribution in [0.25, 0.3) is 5.69 Å². The molecule has 0 unspecified atom stereocenters. The number of benzene rings is 1. The monoisotopic (exact) mass is 270 g/mol. The van der Waals surface area contributed by atoms with Gasteiger partial charge in [0.2, 0.25) is 0 Å². The minimum Gasteiger partial charge on any atom is -0.476 e. The van der Waals surface area contributed by atoms with Crippen molar-refractivity contribution in [3.8, 4) is 5.69 Å². The third-order valence-corrected chi connectivity index (χ3v) is 2.97. The molecule has 0 fully saturated rings. The first-order valence-corrected chi connectivity index (χ1v) is 5.50. The Morgan fingerprint density at radius 2 is 1.88 bits per heavy atom. The smallest absolute Gasteiger partial charge is 0.356 e. The number of carboxylic acids is 1. The molecule has 0 amide bonds. The van der Waals surface area contributed by atoms with Gasteiger partial charge in [0.05, 0.1) is 16.4 Å². The van der Waals surface area contributed by atoms with E-state index in [1.165, 1.54) is 4.68 Å². The molecule has 0 aliphatic heterocycles. The van der Waals surface area contributed by atoms with Crippen molar-refractivity contribution in [1.29, 1.82) is 0 Å². The van der Waals surface area contributed by atoms with E-state index in [0.717, 1.165) is 0 Å². The van der Waals surface area contributed by atoms with Gasteiger partial charge in [0.25, 0.3) is 0 Å². The van der Waals surface area contributed by atoms with Gasteiger partial charge in [0, 0.05) is 5.02 Å². The average molecular weight is 271 g/mol. The van der Waals surface area contributed by atoms with Crippen molar-refractivity contribution >= 4 is 29.2 Å². The molecule has 17 heavy (non-hydrogen) atoms. The molecule has 0 spiro atoms. The highest BCUT2D eigenvalue weighted by Gasteiger charge is 2.20. The summed E-state index contributed by atoms with van der Waals surface area (Å²) in [5.74, 6) is -1.12. The Labute approximate surface area is 107 Å². The minimum absolute atomic E-state index is 0.0495. The van der Waals surface area contributed by atoms with Crippen molar-refractivity contribution in [3.05, 3.63) is 45.7 Å². The summed E-state index contributed by atoms with van der Waals surface area (Å²) >= 11 is 11.7. The molecule has 2 aromatic rings. The fourth-order valence-corrected chi connectivity index (χ4v) is 1.79. The van der Waals surface area contributed by atoms with Gasteiger partial charge in [-0.05, 0) is 31.2 Å². The van der Waals surface area contributed by atoms with Crippen LogP contribution in [-0.2, 0) is 0 Å². The number of halogens is 2. The number of hydrogen-bond acceptors (Lipinski definition) is 2. The number of hydrogen-bond donors (Lipinski definition) is 1. The number of aromatic carboxylic acids is 1. The lowest BCUT2D eigenvalue weighted by Gasteiger charge is -2.04. The van der Waals surface area contributed by atoms with Crippen LogP contribution >= 0.6 is 23.2 Å². The molecular formula is C11H8Cl2N2O2. The Bertz CT molecular complexity index is 576. The van der Waals surface area contributed by atoms with Crippen LogP contribution in [-0.4, -0.2) is 20.9 Å². The van der Waals surface area contributed by atoms with Gasteiger partial charge in [-0.2, -0.15) is 5.10 Å². The van der Waals surface area contributed by atoms with Gasteiger partial charge in [-0.1, -0.05) is 23.2 Å². The van der Waals surface area contributed by atoms with E-state index in [4.69, 9.17) is 28.3 Å². The lowest BCUT2D eigenvalue weighted by molar-refractivity contribution is 0.0687. The van der Waals surface area contributed by atoms with E-state index < -0.39 is 5.97 Å². The fraction of sp³-hybridized carbons (Fsp3) is 0.0909. The summed E-state index contributed by atoms with van der Waals surface area (Å²) in [5, 5.41) is 13.9. The fourth-order valence-electron chi connectivity index (χ4n) is 1.46. The maximum atomic E-state index is 11.1. The van der Waals surface area contributed by atoms with Gasteiger partial charge in [-0.3, -0.25) is 0 Å². The van der Waals surface area contributed by atoms with Crippen LogP contribution in [0.5, 0.6) is 0 Å². The molecule has 1 N–H and O–H groups in total.